The molecule has 2 saturated heterocycles. The molecule has 0 bridgehead atoms. The zero-order valence-corrected chi connectivity index (χ0v) is 22.9. The number of carbonyl (C=O) groups excluding carboxylic acids is 2. The molecule has 40 heavy (non-hydrogen) atoms. The number of fused-ring (bicyclic) bond motifs is 1. The molecular formula is C30H29N7O2S. The van der Waals surface area contributed by atoms with Crippen molar-refractivity contribution in [3.05, 3.63) is 82.9 Å². The maximum absolute atomic E-state index is 11.8. The van der Waals surface area contributed by atoms with Gasteiger partial charge in [0.15, 0.2) is 0 Å². The number of benzene rings is 1. The third-order valence-electron chi connectivity index (χ3n) is 7.20. The number of aromatic nitrogens is 4. The lowest BCUT2D eigenvalue weighted by molar-refractivity contribution is -0.115. The summed E-state index contributed by atoms with van der Waals surface area (Å²) in [6.45, 7) is 5.48. The number of nitrogens with zero attached hydrogens (tertiary/aromatic N) is 5. The lowest BCUT2D eigenvalue weighted by Gasteiger charge is -2.32. The molecule has 5 heterocycles. The maximum Gasteiger partial charge on any atom is 0.290 e. The molecule has 2 fully saturated rings. The van der Waals surface area contributed by atoms with Gasteiger partial charge in [0.25, 0.3) is 11.1 Å². The smallest absolute Gasteiger partial charge is 0.290 e. The summed E-state index contributed by atoms with van der Waals surface area (Å²) in [6.07, 6.45) is 9.11. The molecular weight excluding hydrogens is 522 g/mol. The number of hydrogen-bond donors (Lipinski definition) is 2. The van der Waals surface area contributed by atoms with E-state index in [1.54, 1.807) is 18.3 Å². The molecule has 0 aliphatic carbocycles. The van der Waals surface area contributed by atoms with E-state index in [1.165, 1.54) is 5.56 Å². The summed E-state index contributed by atoms with van der Waals surface area (Å²) >= 11 is 0.891. The number of rotatable bonds is 7. The molecule has 3 aromatic heterocycles. The van der Waals surface area contributed by atoms with E-state index in [0.29, 0.717) is 22.5 Å². The molecule has 6 rings (SSSR count). The van der Waals surface area contributed by atoms with Gasteiger partial charge in [-0.05, 0) is 85.3 Å². The third kappa shape index (κ3) is 5.88. The van der Waals surface area contributed by atoms with Crippen molar-refractivity contribution in [3.63, 3.8) is 0 Å². The average Bonchev–Trinajstić information content (AvgIpc) is 3.28. The molecule has 2 amide bonds. The van der Waals surface area contributed by atoms with Crippen LogP contribution in [0.4, 0.5) is 10.7 Å². The van der Waals surface area contributed by atoms with Gasteiger partial charge in [0.2, 0.25) is 5.95 Å². The molecule has 0 unspecified atom stereocenters. The predicted octanol–water partition coefficient (Wildman–Crippen LogP) is 4.73. The number of anilines is 1. The largest absolute Gasteiger partial charge is 0.341 e. The van der Waals surface area contributed by atoms with Gasteiger partial charge in [0, 0.05) is 49.2 Å². The third-order valence-corrected chi connectivity index (χ3v) is 8.01. The number of piperidine rings is 1. The zero-order chi connectivity index (χ0) is 27.5. The predicted molar refractivity (Wildman–Crippen MR) is 157 cm³/mol. The molecule has 4 aromatic rings. The average molecular weight is 552 g/mol. The molecule has 202 valence electrons. The minimum Gasteiger partial charge on any atom is -0.341 e. The lowest BCUT2D eigenvalue weighted by atomic mass is 9.97. The molecule has 1 aromatic carbocycles. The van der Waals surface area contributed by atoms with Crippen molar-refractivity contribution in [1.29, 1.82) is 0 Å². The highest BCUT2D eigenvalue weighted by atomic mass is 32.2. The van der Waals surface area contributed by atoms with Crippen LogP contribution in [0.5, 0.6) is 0 Å². The van der Waals surface area contributed by atoms with Crippen LogP contribution in [0.2, 0.25) is 0 Å². The number of carbonyl (C=O) groups is 2. The molecule has 2 N–H and O–H groups in total. The van der Waals surface area contributed by atoms with Crippen LogP contribution < -0.4 is 15.5 Å². The van der Waals surface area contributed by atoms with Crippen LogP contribution in [-0.4, -0.2) is 50.7 Å². The van der Waals surface area contributed by atoms with Gasteiger partial charge in [-0.15, -0.1) is 0 Å². The Morgan fingerprint density at radius 1 is 1.10 bits per heavy atom. The van der Waals surface area contributed by atoms with E-state index in [0.717, 1.165) is 78.5 Å². The first-order valence-electron chi connectivity index (χ1n) is 13.4. The number of imide groups is 1. The van der Waals surface area contributed by atoms with Gasteiger partial charge in [-0.3, -0.25) is 24.9 Å². The Morgan fingerprint density at radius 3 is 2.80 bits per heavy atom. The van der Waals surface area contributed by atoms with Gasteiger partial charge in [-0.25, -0.2) is 9.97 Å². The van der Waals surface area contributed by atoms with Crippen LogP contribution in [0.3, 0.4) is 0 Å². The quantitative estimate of drug-likeness (QED) is 0.315. The van der Waals surface area contributed by atoms with Crippen LogP contribution in [0.15, 0.2) is 66.0 Å². The SMILES string of the molecule is Cc1cc(CNCC2CCN(c3nccc(C=C4SC(=O)NC4=O)n3)CC2)nc(-c2cccc3cnccc23)c1. The van der Waals surface area contributed by atoms with Gasteiger partial charge >= 0.3 is 0 Å². The van der Waals surface area contributed by atoms with Crippen LogP contribution in [-0.2, 0) is 11.3 Å². The van der Waals surface area contributed by atoms with Crippen molar-refractivity contribution in [1.82, 2.24) is 30.6 Å². The van der Waals surface area contributed by atoms with Gasteiger partial charge in [-0.1, -0.05) is 18.2 Å². The normalized spacial score (nSPS) is 17.1. The van der Waals surface area contributed by atoms with Crippen LogP contribution >= 0.6 is 11.8 Å². The van der Waals surface area contributed by atoms with Crippen LogP contribution in [0, 0.1) is 12.8 Å². The van der Waals surface area contributed by atoms with E-state index in [9.17, 15) is 9.59 Å². The van der Waals surface area contributed by atoms with Crippen LogP contribution in [0.25, 0.3) is 28.1 Å². The molecule has 10 heteroatoms. The van der Waals surface area contributed by atoms with Crippen molar-refractivity contribution in [2.24, 2.45) is 5.92 Å². The summed E-state index contributed by atoms with van der Waals surface area (Å²) in [5.41, 5.74) is 4.95. The Hall–Kier alpha value is -4.15. The van der Waals surface area contributed by atoms with E-state index >= 15 is 0 Å². The van der Waals surface area contributed by atoms with E-state index in [2.05, 4.69) is 67.7 Å². The number of aryl methyl sites for hydroxylation is 1. The molecule has 2 aliphatic rings. The van der Waals surface area contributed by atoms with Crippen molar-refractivity contribution >= 4 is 45.7 Å². The summed E-state index contributed by atoms with van der Waals surface area (Å²) in [5, 5.41) is 7.81. The van der Waals surface area contributed by atoms with E-state index in [4.69, 9.17) is 4.98 Å². The molecule has 9 nitrogen and oxygen atoms in total. The fourth-order valence-electron chi connectivity index (χ4n) is 5.21. The Bertz CT molecular complexity index is 1610. The van der Waals surface area contributed by atoms with Crippen molar-refractivity contribution in [2.45, 2.75) is 26.3 Å². The highest BCUT2D eigenvalue weighted by molar-refractivity contribution is 8.18. The zero-order valence-electron chi connectivity index (χ0n) is 22.1. The summed E-state index contributed by atoms with van der Waals surface area (Å²) in [7, 11) is 0. The fraction of sp³-hybridized carbons (Fsp3) is 0.267. The highest BCUT2D eigenvalue weighted by Gasteiger charge is 2.26. The molecule has 0 radical (unpaired) electrons. The summed E-state index contributed by atoms with van der Waals surface area (Å²) in [5.74, 6) is 0.823. The Morgan fingerprint density at radius 2 is 1.98 bits per heavy atom. The van der Waals surface area contributed by atoms with Gasteiger partial charge in [-0.2, -0.15) is 0 Å². The molecule has 0 spiro atoms. The maximum atomic E-state index is 11.8. The van der Waals surface area contributed by atoms with Crippen LogP contribution in [0.1, 0.15) is 29.8 Å². The van der Waals surface area contributed by atoms with Crippen molar-refractivity contribution < 1.29 is 9.59 Å². The fourth-order valence-corrected chi connectivity index (χ4v) is 5.87. The topological polar surface area (TPSA) is 113 Å². The summed E-state index contributed by atoms with van der Waals surface area (Å²) in [6, 6.07) is 14.3. The molecule has 0 atom stereocenters. The van der Waals surface area contributed by atoms with Crippen molar-refractivity contribution in [2.75, 3.05) is 24.5 Å². The van der Waals surface area contributed by atoms with Gasteiger partial charge in [0.05, 0.1) is 22.0 Å². The molecule has 2 aliphatic heterocycles. The second-order valence-corrected chi connectivity index (χ2v) is 11.1. The molecule has 0 saturated carbocycles. The second kappa shape index (κ2) is 11.5. The highest BCUT2D eigenvalue weighted by Crippen LogP contribution is 2.28. The Kier molecular flexibility index (Phi) is 7.52. The van der Waals surface area contributed by atoms with E-state index in [-0.39, 0.29) is 11.1 Å². The minimum atomic E-state index is -0.383. The van der Waals surface area contributed by atoms with E-state index < -0.39 is 0 Å². The van der Waals surface area contributed by atoms with Crippen molar-refractivity contribution in [3.8, 4) is 11.3 Å². The lowest BCUT2D eigenvalue weighted by Crippen LogP contribution is -2.38. The van der Waals surface area contributed by atoms with Gasteiger partial charge < -0.3 is 10.2 Å². The number of amides is 2. The number of hydrogen-bond acceptors (Lipinski definition) is 9. The summed E-state index contributed by atoms with van der Waals surface area (Å²) < 4.78 is 0. The first-order valence-corrected chi connectivity index (χ1v) is 14.2. The number of pyridine rings is 2. The monoisotopic (exact) mass is 551 g/mol. The second-order valence-electron chi connectivity index (χ2n) is 10.1. The Labute approximate surface area is 236 Å². The van der Waals surface area contributed by atoms with E-state index in [1.807, 2.05) is 18.5 Å². The van der Waals surface area contributed by atoms with Gasteiger partial charge in [0.1, 0.15) is 0 Å². The first-order chi connectivity index (χ1) is 19.5. The Balaban J connectivity index is 1.04. The summed E-state index contributed by atoms with van der Waals surface area (Å²) in [4.78, 5) is 44.1. The number of nitrogens with one attached hydrogen (secondary N) is 2. The minimum absolute atomic E-state index is 0.351. The standard InChI is InChI=1S/C30H29N7O2S/c1-19-13-23(34-26(14-19)25-4-2-3-21-17-31-9-6-24(21)25)18-32-16-20-7-11-37(12-8-20)29-33-10-5-22(35-29)15-27-28(38)36-30(39)40-27/h2-6,9-10,13-15,17,20,32H,7-8,11-12,16,18H2,1H3,(H,36,38,39). The first kappa shape index (κ1) is 26.1. The number of thioether (sulfide) groups is 1.